The van der Waals surface area contributed by atoms with Gasteiger partial charge in [-0.3, -0.25) is 4.79 Å². The molecule has 32 heavy (non-hydrogen) atoms. The second kappa shape index (κ2) is 8.27. The van der Waals surface area contributed by atoms with E-state index in [-0.39, 0.29) is 16.6 Å². The summed E-state index contributed by atoms with van der Waals surface area (Å²) in [7, 11) is -2.67. The van der Waals surface area contributed by atoms with Crippen molar-refractivity contribution in [1.82, 2.24) is 4.98 Å². The molecule has 0 saturated heterocycles. The highest BCUT2D eigenvalue weighted by Crippen LogP contribution is 2.49. The van der Waals surface area contributed by atoms with Crippen LogP contribution in [-0.4, -0.2) is 25.7 Å². The van der Waals surface area contributed by atoms with Gasteiger partial charge in [-0.2, -0.15) is 0 Å². The predicted octanol–water partition coefficient (Wildman–Crippen LogP) is 4.29. The summed E-state index contributed by atoms with van der Waals surface area (Å²) in [6.07, 6.45) is -3.65. The summed E-state index contributed by atoms with van der Waals surface area (Å²) in [5, 5.41) is 2.78. The zero-order valence-corrected chi connectivity index (χ0v) is 17.3. The first-order valence-electron chi connectivity index (χ1n) is 9.56. The third kappa shape index (κ3) is 4.75. The predicted molar refractivity (Wildman–Crippen MR) is 111 cm³/mol. The number of halogens is 3. The quantitative estimate of drug-likeness (QED) is 0.534. The first-order valence-corrected chi connectivity index (χ1v) is 10.7. The average molecular weight is 462 g/mol. The van der Waals surface area contributed by atoms with Gasteiger partial charge >= 0.3 is 6.36 Å². The molecular formula is C22H17F3N2O4S. The van der Waals surface area contributed by atoms with Crippen LogP contribution in [0.2, 0.25) is 0 Å². The molecule has 0 unspecified atom stereocenters. The number of hydrogen-bond acceptors (Lipinski definition) is 5. The van der Waals surface area contributed by atoms with E-state index in [0.29, 0.717) is 35.5 Å². The van der Waals surface area contributed by atoms with E-state index in [1.54, 1.807) is 30.3 Å². The Bertz CT molecular complexity index is 1210. The number of ether oxygens (including phenoxy) is 1. The molecule has 6 nitrogen and oxygen atoms in total. The molecule has 4 rings (SSSR count). The maximum absolute atomic E-state index is 12.9. The monoisotopic (exact) mass is 462 g/mol. The van der Waals surface area contributed by atoms with E-state index in [9.17, 15) is 26.4 Å². The van der Waals surface area contributed by atoms with Crippen molar-refractivity contribution >= 4 is 22.4 Å². The van der Waals surface area contributed by atoms with Gasteiger partial charge in [0.2, 0.25) is 5.91 Å². The molecule has 0 radical (unpaired) electrons. The van der Waals surface area contributed by atoms with Crippen LogP contribution in [0.3, 0.4) is 0 Å². The summed E-state index contributed by atoms with van der Waals surface area (Å²) in [5.41, 5.74) is 1.01. The third-order valence-corrected chi connectivity index (χ3v) is 5.91. The van der Waals surface area contributed by atoms with Crippen molar-refractivity contribution in [3.8, 4) is 17.0 Å². The van der Waals surface area contributed by atoms with E-state index < -0.39 is 22.5 Å². The van der Waals surface area contributed by atoms with Crippen LogP contribution in [0.4, 0.5) is 19.0 Å². The molecule has 1 amide bonds. The Balaban J connectivity index is 1.50. The lowest BCUT2D eigenvalue weighted by Gasteiger charge is -2.17. The van der Waals surface area contributed by atoms with Crippen molar-refractivity contribution in [1.29, 1.82) is 0 Å². The van der Waals surface area contributed by atoms with Crippen molar-refractivity contribution < 1.29 is 31.1 Å². The molecule has 1 fully saturated rings. The van der Waals surface area contributed by atoms with Gasteiger partial charge in [-0.15, -0.1) is 13.2 Å². The van der Waals surface area contributed by atoms with Gasteiger partial charge in [0.1, 0.15) is 11.6 Å². The highest BCUT2D eigenvalue weighted by atomic mass is 32.2. The van der Waals surface area contributed by atoms with Crippen LogP contribution in [0, 0.1) is 0 Å². The molecule has 0 aliphatic heterocycles. The minimum absolute atomic E-state index is 0.190. The van der Waals surface area contributed by atoms with Gasteiger partial charge in [0.15, 0.2) is 10.7 Å². The number of benzene rings is 2. The van der Waals surface area contributed by atoms with Gasteiger partial charge in [0.05, 0.1) is 16.0 Å². The highest BCUT2D eigenvalue weighted by molar-refractivity contribution is 7.72. The average Bonchev–Trinajstić information content (AvgIpc) is 3.55. The zero-order chi connectivity index (χ0) is 22.9. The van der Waals surface area contributed by atoms with Crippen LogP contribution >= 0.6 is 0 Å². The van der Waals surface area contributed by atoms with Crippen molar-refractivity contribution in [3.05, 3.63) is 72.3 Å². The maximum atomic E-state index is 12.9. The van der Waals surface area contributed by atoms with Gasteiger partial charge in [0.25, 0.3) is 0 Å². The summed E-state index contributed by atoms with van der Waals surface area (Å²) < 4.78 is 63.0. The van der Waals surface area contributed by atoms with Crippen LogP contribution in [-0.2, 0) is 20.9 Å². The van der Waals surface area contributed by atoms with Crippen molar-refractivity contribution in [3.63, 3.8) is 0 Å². The number of nitrogens with one attached hydrogen (secondary N) is 1. The van der Waals surface area contributed by atoms with E-state index in [0.717, 1.165) is 0 Å². The Morgan fingerprint density at radius 3 is 2.19 bits per heavy atom. The van der Waals surface area contributed by atoms with Gasteiger partial charge in [-0.1, -0.05) is 30.3 Å². The molecule has 10 heteroatoms. The highest BCUT2D eigenvalue weighted by Gasteiger charge is 2.51. The first kappa shape index (κ1) is 21.8. The zero-order valence-electron chi connectivity index (χ0n) is 16.4. The normalized spacial score (nSPS) is 14.8. The largest absolute Gasteiger partial charge is 0.573 e. The number of thiol groups is 1. The second-order valence-corrected chi connectivity index (χ2v) is 8.35. The van der Waals surface area contributed by atoms with E-state index in [1.165, 1.54) is 36.4 Å². The Kier molecular flexibility index (Phi) is 5.64. The Morgan fingerprint density at radius 1 is 0.969 bits per heavy atom. The lowest BCUT2D eigenvalue weighted by molar-refractivity contribution is -0.274. The topological polar surface area (TPSA) is 85.4 Å². The van der Waals surface area contributed by atoms with Gasteiger partial charge in [-0.05, 0) is 54.8 Å². The lowest BCUT2D eigenvalue weighted by Crippen LogP contribution is -2.28. The second-order valence-electron chi connectivity index (χ2n) is 7.32. The Morgan fingerprint density at radius 2 is 1.62 bits per heavy atom. The fourth-order valence-corrected chi connectivity index (χ4v) is 3.79. The summed E-state index contributed by atoms with van der Waals surface area (Å²) in [5.74, 6) is -0.334. The Hall–Kier alpha value is -3.40. The lowest BCUT2D eigenvalue weighted by atomic mass is 9.95. The van der Waals surface area contributed by atoms with E-state index in [1.807, 2.05) is 0 Å². The number of nitrogens with zero attached hydrogens (tertiary/aromatic N) is 1. The van der Waals surface area contributed by atoms with Crippen molar-refractivity contribution in [2.75, 3.05) is 5.32 Å². The molecule has 0 bridgehead atoms. The number of carbonyl (C=O) groups excluding carboxylic acids is 1. The molecule has 0 spiro atoms. The molecule has 1 heterocycles. The number of alkyl halides is 3. The van der Waals surface area contributed by atoms with Crippen LogP contribution in [0.25, 0.3) is 11.3 Å². The molecule has 3 aromatic rings. The molecule has 1 aliphatic rings. The number of hydrogen-bond donors (Lipinski definition) is 2. The van der Waals surface area contributed by atoms with Crippen LogP contribution in [0.5, 0.6) is 5.75 Å². The van der Waals surface area contributed by atoms with Crippen molar-refractivity contribution in [2.45, 2.75) is 29.5 Å². The fraction of sp³-hybridized carbons (Fsp3) is 0.182. The molecule has 1 saturated carbocycles. The Labute approximate surface area is 183 Å². The SMILES string of the molecule is O=C(Nc1cccc(-c2ccc([SH](=O)=O)cc2)n1)C1(c2ccc(OC(F)(F)F)cc2)CC1. The van der Waals surface area contributed by atoms with E-state index >= 15 is 0 Å². The number of carbonyl (C=O) groups is 1. The summed E-state index contributed by atoms with van der Waals surface area (Å²) in [4.78, 5) is 17.6. The minimum Gasteiger partial charge on any atom is -0.406 e. The number of aromatic nitrogens is 1. The third-order valence-electron chi connectivity index (χ3n) is 5.19. The maximum Gasteiger partial charge on any atom is 0.573 e. The number of pyridine rings is 1. The van der Waals surface area contributed by atoms with Crippen LogP contribution in [0.1, 0.15) is 18.4 Å². The smallest absolute Gasteiger partial charge is 0.406 e. The van der Waals surface area contributed by atoms with Crippen molar-refractivity contribution in [2.24, 2.45) is 0 Å². The molecule has 0 atom stereocenters. The molecular weight excluding hydrogens is 445 g/mol. The van der Waals surface area contributed by atoms with Gasteiger partial charge < -0.3 is 10.1 Å². The van der Waals surface area contributed by atoms with E-state index in [4.69, 9.17) is 0 Å². The summed E-state index contributed by atoms with van der Waals surface area (Å²) in [6, 6.07) is 16.6. The first-order chi connectivity index (χ1) is 15.2. The molecule has 2 aromatic carbocycles. The molecule has 1 aliphatic carbocycles. The molecule has 1 N–H and O–H groups in total. The van der Waals surface area contributed by atoms with E-state index in [2.05, 4.69) is 15.0 Å². The summed E-state index contributed by atoms with van der Waals surface area (Å²) >= 11 is 0. The van der Waals surface area contributed by atoms with Crippen LogP contribution in [0.15, 0.2) is 71.6 Å². The standard InChI is InChI=1S/C22H17F3N2O4S/c23-22(24,25)31-16-8-6-15(7-9-16)21(12-13-21)20(28)27-19-3-1-2-18(26-19)14-4-10-17(11-5-14)32(29)30/h1-11,32H,12-13H2,(H,26,27,28). The van der Waals surface area contributed by atoms with Gasteiger partial charge in [-0.25, -0.2) is 13.4 Å². The summed E-state index contributed by atoms with van der Waals surface area (Å²) in [6.45, 7) is 0. The fourth-order valence-electron chi connectivity index (χ4n) is 3.40. The number of anilines is 1. The van der Waals surface area contributed by atoms with Gasteiger partial charge in [0, 0.05) is 5.56 Å². The molecule has 166 valence electrons. The number of amides is 1. The minimum atomic E-state index is -4.78. The molecule has 1 aromatic heterocycles. The van der Waals surface area contributed by atoms with Crippen LogP contribution < -0.4 is 10.1 Å². The number of rotatable bonds is 6.